The molecule has 0 spiro atoms. The first-order valence-corrected chi connectivity index (χ1v) is 5.69. The third-order valence-corrected chi connectivity index (χ3v) is 2.70. The Morgan fingerprint density at radius 1 is 1.00 bits per heavy atom. The fourth-order valence-corrected chi connectivity index (χ4v) is 1.84. The van der Waals surface area contributed by atoms with E-state index in [2.05, 4.69) is 21.9 Å². The highest BCUT2D eigenvalue weighted by atomic mass is 15.3. The van der Waals surface area contributed by atoms with Gasteiger partial charge in [-0.05, 0) is 30.2 Å². The summed E-state index contributed by atoms with van der Waals surface area (Å²) in [6.07, 6.45) is 1.76. The SMILES string of the molecule is Cn1nc(C#Cc2ccccc2)c2cccnc21. The Morgan fingerprint density at radius 3 is 2.67 bits per heavy atom. The zero-order valence-electron chi connectivity index (χ0n) is 9.96. The fraction of sp³-hybridized carbons (Fsp3) is 0.0667. The van der Waals surface area contributed by atoms with E-state index in [0.29, 0.717) is 0 Å². The summed E-state index contributed by atoms with van der Waals surface area (Å²) in [4.78, 5) is 4.29. The highest BCUT2D eigenvalue weighted by Gasteiger charge is 2.05. The molecule has 2 aromatic heterocycles. The van der Waals surface area contributed by atoms with Crippen LogP contribution in [0.5, 0.6) is 0 Å². The Morgan fingerprint density at radius 2 is 1.83 bits per heavy atom. The van der Waals surface area contributed by atoms with E-state index in [4.69, 9.17) is 0 Å². The number of benzene rings is 1. The average Bonchev–Trinajstić information content (AvgIpc) is 2.75. The van der Waals surface area contributed by atoms with Gasteiger partial charge in [0.2, 0.25) is 0 Å². The van der Waals surface area contributed by atoms with Gasteiger partial charge in [-0.3, -0.25) is 0 Å². The van der Waals surface area contributed by atoms with Crippen LogP contribution < -0.4 is 0 Å². The summed E-state index contributed by atoms with van der Waals surface area (Å²) >= 11 is 0. The molecule has 3 heteroatoms. The lowest BCUT2D eigenvalue weighted by Crippen LogP contribution is -1.91. The van der Waals surface area contributed by atoms with Crippen LogP contribution >= 0.6 is 0 Å². The predicted octanol–water partition coefficient (Wildman–Crippen LogP) is 2.37. The molecule has 0 fully saturated rings. The lowest BCUT2D eigenvalue weighted by atomic mass is 10.2. The third kappa shape index (κ3) is 1.85. The molecule has 0 atom stereocenters. The number of hydrogen-bond acceptors (Lipinski definition) is 2. The van der Waals surface area contributed by atoms with Gasteiger partial charge in [-0.1, -0.05) is 24.1 Å². The average molecular weight is 233 g/mol. The van der Waals surface area contributed by atoms with Crippen LogP contribution in [0, 0.1) is 11.8 Å². The number of nitrogens with zero attached hydrogens (tertiary/aromatic N) is 3. The molecule has 3 rings (SSSR count). The van der Waals surface area contributed by atoms with Crippen LogP contribution in [0.3, 0.4) is 0 Å². The van der Waals surface area contributed by atoms with Crippen molar-refractivity contribution in [2.24, 2.45) is 7.05 Å². The molecule has 0 N–H and O–H groups in total. The molecule has 3 nitrogen and oxygen atoms in total. The van der Waals surface area contributed by atoms with Crippen molar-refractivity contribution in [3.05, 3.63) is 59.9 Å². The van der Waals surface area contributed by atoms with Gasteiger partial charge < -0.3 is 0 Å². The van der Waals surface area contributed by atoms with Gasteiger partial charge in [-0.2, -0.15) is 5.10 Å². The van der Waals surface area contributed by atoms with Crippen molar-refractivity contribution in [1.82, 2.24) is 14.8 Å². The van der Waals surface area contributed by atoms with Crippen LogP contribution in [-0.4, -0.2) is 14.8 Å². The van der Waals surface area contributed by atoms with Gasteiger partial charge in [0.1, 0.15) is 5.69 Å². The van der Waals surface area contributed by atoms with Crippen LogP contribution in [-0.2, 0) is 7.05 Å². The topological polar surface area (TPSA) is 30.7 Å². The van der Waals surface area contributed by atoms with Crippen molar-refractivity contribution < 1.29 is 0 Å². The lowest BCUT2D eigenvalue weighted by Gasteiger charge is -1.88. The van der Waals surface area contributed by atoms with E-state index in [0.717, 1.165) is 22.3 Å². The van der Waals surface area contributed by atoms with E-state index < -0.39 is 0 Å². The third-order valence-electron chi connectivity index (χ3n) is 2.70. The fourth-order valence-electron chi connectivity index (χ4n) is 1.84. The Labute approximate surface area is 105 Å². The summed E-state index contributed by atoms with van der Waals surface area (Å²) in [6, 6.07) is 13.8. The number of aromatic nitrogens is 3. The quantitative estimate of drug-likeness (QED) is 0.558. The number of rotatable bonds is 0. The molecule has 86 valence electrons. The van der Waals surface area contributed by atoms with E-state index in [-0.39, 0.29) is 0 Å². The van der Waals surface area contributed by atoms with Crippen molar-refractivity contribution in [2.45, 2.75) is 0 Å². The van der Waals surface area contributed by atoms with E-state index in [1.165, 1.54) is 0 Å². The first kappa shape index (κ1) is 10.5. The highest BCUT2D eigenvalue weighted by molar-refractivity contribution is 5.81. The second-order valence-corrected chi connectivity index (χ2v) is 3.96. The summed E-state index contributed by atoms with van der Waals surface area (Å²) < 4.78 is 1.75. The normalized spacial score (nSPS) is 10.1. The molecule has 0 unspecified atom stereocenters. The number of pyridine rings is 1. The molecule has 0 aliphatic rings. The largest absolute Gasteiger partial charge is 0.249 e. The van der Waals surface area contributed by atoms with Crippen molar-refractivity contribution in [2.75, 3.05) is 0 Å². The molecule has 0 amide bonds. The predicted molar refractivity (Wildman–Crippen MR) is 70.9 cm³/mol. The standard InChI is InChI=1S/C15H11N3/c1-18-15-13(8-5-11-16-15)14(17-18)10-9-12-6-3-2-4-7-12/h2-8,11H,1H3. The molecule has 1 aromatic carbocycles. The maximum Gasteiger partial charge on any atom is 0.158 e. The summed E-state index contributed by atoms with van der Waals surface area (Å²) in [7, 11) is 1.88. The van der Waals surface area contributed by atoms with Crippen molar-refractivity contribution in [3.63, 3.8) is 0 Å². The second-order valence-electron chi connectivity index (χ2n) is 3.96. The van der Waals surface area contributed by atoms with Crippen LogP contribution in [0.1, 0.15) is 11.3 Å². The van der Waals surface area contributed by atoms with Gasteiger partial charge in [-0.25, -0.2) is 9.67 Å². The monoisotopic (exact) mass is 233 g/mol. The molecular weight excluding hydrogens is 222 g/mol. The highest BCUT2D eigenvalue weighted by Crippen LogP contribution is 2.13. The molecule has 3 aromatic rings. The number of hydrogen-bond donors (Lipinski definition) is 0. The molecular formula is C15H11N3. The van der Waals surface area contributed by atoms with Gasteiger partial charge in [0, 0.05) is 18.8 Å². The minimum Gasteiger partial charge on any atom is -0.249 e. The maximum absolute atomic E-state index is 4.39. The van der Waals surface area contributed by atoms with Crippen molar-refractivity contribution in [3.8, 4) is 11.8 Å². The van der Waals surface area contributed by atoms with Crippen LogP contribution in [0.4, 0.5) is 0 Å². The minimum absolute atomic E-state index is 0.768. The molecule has 18 heavy (non-hydrogen) atoms. The van der Waals surface area contributed by atoms with Crippen LogP contribution in [0.15, 0.2) is 48.7 Å². The molecule has 0 saturated carbocycles. The molecule has 0 radical (unpaired) electrons. The Hall–Kier alpha value is -2.60. The van der Waals surface area contributed by atoms with E-state index >= 15 is 0 Å². The summed E-state index contributed by atoms with van der Waals surface area (Å²) in [5, 5.41) is 5.37. The Balaban J connectivity index is 2.09. The van der Waals surface area contributed by atoms with Gasteiger partial charge in [0.25, 0.3) is 0 Å². The first-order chi connectivity index (χ1) is 8.84. The smallest absolute Gasteiger partial charge is 0.158 e. The molecule has 0 bridgehead atoms. The maximum atomic E-state index is 4.39. The van der Waals surface area contributed by atoms with Crippen LogP contribution in [0.25, 0.3) is 11.0 Å². The van der Waals surface area contributed by atoms with E-state index in [9.17, 15) is 0 Å². The zero-order chi connectivity index (χ0) is 12.4. The minimum atomic E-state index is 0.768. The summed E-state index contributed by atoms with van der Waals surface area (Å²) in [5.74, 6) is 6.22. The molecule has 0 saturated heterocycles. The zero-order valence-corrected chi connectivity index (χ0v) is 9.96. The van der Waals surface area contributed by atoms with Crippen LogP contribution in [0.2, 0.25) is 0 Å². The van der Waals surface area contributed by atoms with Gasteiger partial charge in [0.05, 0.1) is 5.39 Å². The first-order valence-electron chi connectivity index (χ1n) is 5.69. The van der Waals surface area contributed by atoms with E-state index in [1.807, 2.05) is 49.5 Å². The summed E-state index contributed by atoms with van der Waals surface area (Å²) in [6.45, 7) is 0. The van der Waals surface area contributed by atoms with Gasteiger partial charge in [0.15, 0.2) is 5.65 Å². The summed E-state index contributed by atoms with van der Waals surface area (Å²) in [5.41, 5.74) is 2.61. The van der Waals surface area contributed by atoms with Gasteiger partial charge >= 0.3 is 0 Å². The number of aryl methyl sites for hydroxylation is 1. The van der Waals surface area contributed by atoms with Crippen molar-refractivity contribution >= 4 is 11.0 Å². The van der Waals surface area contributed by atoms with Gasteiger partial charge in [-0.15, -0.1) is 0 Å². The van der Waals surface area contributed by atoms with E-state index in [1.54, 1.807) is 10.9 Å². The Kier molecular flexibility index (Phi) is 2.54. The molecule has 0 aliphatic heterocycles. The Bertz CT molecular complexity index is 745. The molecule has 0 aliphatic carbocycles. The molecule has 2 heterocycles. The second kappa shape index (κ2) is 4.34. The lowest BCUT2D eigenvalue weighted by molar-refractivity contribution is 0.782. The number of fused-ring (bicyclic) bond motifs is 1. The van der Waals surface area contributed by atoms with Crippen molar-refractivity contribution in [1.29, 1.82) is 0 Å².